The van der Waals surface area contributed by atoms with E-state index in [1.165, 1.54) is 11.3 Å². The molecule has 0 spiro atoms. The first-order chi connectivity index (χ1) is 9.08. The Morgan fingerprint density at radius 1 is 1.16 bits per heavy atom. The zero-order valence-corrected chi connectivity index (χ0v) is 12.4. The molecular weight excluding hydrogens is 238 g/mol. The maximum absolute atomic E-state index is 12.6. The molecule has 4 nitrogen and oxygen atoms in total. The van der Waals surface area contributed by atoms with E-state index in [0.717, 1.165) is 45.6 Å². The Kier molecular flexibility index (Phi) is 3.29. The van der Waals surface area contributed by atoms with Gasteiger partial charge in [-0.05, 0) is 52.4 Å². The molecule has 0 aromatic rings. The van der Waals surface area contributed by atoms with Gasteiger partial charge in [-0.3, -0.25) is 4.79 Å². The van der Waals surface area contributed by atoms with Crippen LogP contribution in [0, 0.1) is 5.92 Å². The zero-order valence-electron chi connectivity index (χ0n) is 12.4. The van der Waals surface area contributed by atoms with Crippen LogP contribution in [-0.2, 0) is 4.79 Å². The Hall–Kier alpha value is -1.03. The summed E-state index contributed by atoms with van der Waals surface area (Å²) in [6.45, 7) is 9.37. The van der Waals surface area contributed by atoms with Crippen molar-refractivity contribution in [2.75, 3.05) is 39.8 Å². The summed E-state index contributed by atoms with van der Waals surface area (Å²) in [6.07, 6.45) is 2.06. The number of carbonyl (C=O) groups excluding carboxylic acids is 1. The quantitative estimate of drug-likeness (QED) is 0.710. The Labute approximate surface area is 116 Å². The molecule has 1 amide bonds. The number of rotatable bonds is 1. The highest BCUT2D eigenvalue weighted by molar-refractivity contribution is 5.79. The van der Waals surface area contributed by atoms with Gasteiger partial charge in [0.2, 0.25) is 5.91 Å². The fourth-order valence-corrected chi connectivity index (χ4v) is 3.60. The van der Waals surface area contributed by atoms with Gasteiger partial charge in [-0.15, -0.1) is 0 Å². The molecule has 106 valence electrons. The van der Waals surface area contributed by atoms with Crippen LogP contribution >= 0.6 is 0 Å². The summed E-state index contributed by atoms with van der Waals surface area (Å²) in [5.74, 6) is 0.661. The summed E-state index contributed by atoms with van der Waals surface area (Å²) in [5.41, 5.74) is 2.88. The summed E-state index contributed by atoms with van der Waals surface area (Å²) in [6, 6.07) is 0.593. The minimum absolute atomic E-state index is 0.265. The fraction of sp³-hybridized carbons (Fsp3) is 0.800. The first-order valence-electron chi connectivity index (χ1n) is 7.51. The van der Waals surface area contributed by atoms with E-state index in [1.54, 1.807) is 0 Å². The number of carbonyl (C=O) groups is 1. The number of hydrogen-bond acceptors (Lipinski definition) is 3. The second kappa shape index (κ2) is 4.82. The normalized spacial score (nSPS) is 29.3. The lowest BCUT2D eigenvalue weighted by Gasteiger charge is -2.50. The van der Waals surface area contributed by atoms with Gasteiger partial charge in [0.05, 0.1) is 6.54 Å². The highest BCUT2D eigenvalue weighted by Gasteiger charge is 2.38. The molecule has 0 radical (unpaired) electrons. The second-order valence-electron chi connectivity index (χ2n) is 6.34. The van der Waals surface area contributed by atoms with Crippen molar-refractivity contribution in [3.8, 4) is 0 Å². The molecule has 3 heterocycles. The van der Waals surface area contributed by atoms with E-state index in [1.807, 2.05) is 0 Å². The molecule has 1 atom stereocenters. The average Bonchev–Trinajstić information content (AvgIpc) is 2.45. The standard InChI is InChI=1S/C15H25N3O/c1-11-12(2)18-9-8-17(10-14(11)18)15(19)13-4-6-16(3)7-5-13/h12-13H,4-10H2,1-3H3. The molecule has 0 saturated carbocycles. The zero-order chi connectivity index (χ0) is 13.6. The van der Waals surface area contributed by atoms with E-state index < -0.39 is 0 Å². The van der Waals surface area contributed by atoms with E-state index >= 15 is 0 Å². The van der Waals surface area contributed by atoms with Crippen LogP contribution in [-0.4, -0.2) is 66.4 Å². The number of hydrogen-bond donors (Lipinski definition) is 0. The third kappa shape index (κ3) is 2.16. The number of nitrogens with zero attached hydrogens (tertiary/aromatic N) is 3. The van der Waals surface area contributed by atoms with Gasteiger partial charge >= 0.3 is 0 Å². The molecule has 0 bridgehead atoms. The summed E-state index contributed by atoms with van der Waals surface area (Å²) in [4.78, 5) is 19.5. The van der Waals surface area contributed by atoms with Gasteiger partial charge in [0.15, 0.2) is 0 Å². The Bertz CT molecular complexity index is 410. The van der Waals surface area contributed by atoms with Crippen LogP contribution in [0.15, 0.2) is 11.3 Å². The maximum Gasteiger partial charge on any atom is 0.226 e. The van der Waals surface area contributed by atoms with Crippen LogP contribution in [0.4, 0.5) is 0 Å². The van der Waals surface area contributed by atoms with Gasteiger partial charge in [-0.25, -0.2) is 0 Å². The number of fused-ring (bicyclic) bond motifs is 1. The van der Waals surface area contributed by atoms with Crippen LogP contribution in [0.3, 0.4) is 0 Å². The molecule has 3 aliphatic heterocycles. The van der Waals surface area contributed by atoms with Crippen molar-refractivity contribution in [1.82, 2.24) is 14.7 Å². The maximum atomic E-state index is 12.6. The first-order valence-corrected chi connectivity index (χ1v) is 7.51. The summed E-state index contributed by atoms with van der Waals surface area (Å²) in [5, 5.41) is 0. The molecule has 2 saturated heterocycles. The van der Waals surface area contributed by atoms with Crippen LogP contribution in [0.2, 0.25) is 0 Å². The summed E-state index contributed by atoms with van der Waals surface area (Å²) >= 11 is 0. The number of piperazine rings is 1. The predicted octanol–water partition coefficient (Wildman–Crippen LogP) is 1.15. The third-order valence-corrected chi connectivity index (χ3v) is 5.23. The number of piperidine rings is 1. The lowest BCUT2D eigenvalue weighted by atomic mass is 9.91. The smallest absolute Gasteiger partial charge is 0.226 e. The lowest BCUT2D eigenvalue weighted by molar-refractivity contribution is -0.138. The van der Waals surface area contributed by atoms with Crippen LogP contribution in [0.1, 0.15) is 26.7 Å². The highest BCUT2D eigenvalue weighted by atomic mass is 16.2. The van der Waals surface area contributed by atoms with Gasteiger partial charge in [0.25, 0.3) is 0 Å². The molecule has 1 unspecified atom stereocenters. The molecule has 0 aliphatic carbocycles. The summed E-state index contributed by atoms with van der Waals surface area (Å²) in [7, 11) is 2.14. The Morgan fingerprint density at radius 2 is 1.84 bits per heavy atom. The van der Waals surface area contributed by atoms with Crippen LogP contribution < -0.4 is 0 Å². The van der Waals surface area contributed by atoms with Crippen molar-refractivity contribution >= 4 is 5.91 Å². The van der Waals surface area contributed by atoms with Gasteiger partial charge in [0.1, 0.15) is 0 Å². The molecule has 3 rings (SSSR count). The third-order valence-electron chi connectivity index (χ3n) is 5.23. The van der Waals surface area contributed by atoms with Crippen molar-refractivity contribution in [3.63, 3.8) is 0 Å². The van der Waals surface area contributed by atoms with Gasteiger partial charge in [-0.2, -0.15) is 0 Å². The van der Waals surface area contributed by atoms with Gasteiger partial charge < -0.3 is 14.7 Å². The van der Waals surface area contributed by atoms with Crippen LogP contribution in [0.5, 0.6) is 0 Å². The highest BCUT2D eigenvalue weighted by Crippen LogP contribution is 2.34. The monoisotopic (exact) mass is 263 g/mol. The molecule has 3 aliphatic rings. The van der Waals surface area contributed by atoms with Crippen LogP contribution in [0.25, 0.3) is 0 Å². The molecule has 4 heteroatoms. The van der Waals surface area contributed by atoms with Crippen molar-refractivity contribution in [2.45, 2.75) is 32.7 Å². The van der Waals surface area contributed by atoms with E-state index in [2.05, 4.69) is 35.6 Å². The molecule has 19 heavy (non-hydrogen) atoms. The lowest BCUT2D eigenvalue weighted by Crippen LogP contribution is -2.57. The molecule has 0 N–H and O–H groups in total. The largest absolute Gasteiger partial charge is 0.365 e. The summed E-state index contributed by atoms with van der Waals surface area (Å²) < 4.78 is 0. The Morgan fingerprint density at radius 3 is 2.53 bits per heavy atom. The van der Waals surface area contributed by atoms with Crippen molar-refractivity contribution < 1.29 is 4.79 Å². The molecule has 0 aromatic carbocycles. The predicted molar refractivity (Wildman–Crippen MR) is 75.7 cm³/mol. The Balaban J connectivity index is 1.62. The minimum Gasteiger partial charge on any atom is -0.365 e. The number of likely N-dealkylation sites (tertiary alicyclic amines) is 1. The molecule has 0 aromatic heterocycles. The van der Waals surface area contributed by atoms with Crippen molar-refractivity contribution in [3.05, 3.63) is 11.3 Å². The average molecular weight is 263 g/mol. The van der Waals surface area contributed by atoms with E-state index in [-0.39, 0.29) is 5.92 Å². The van der Waals surface area contributed by atoms with E-state index in [9.17, 15) is 4.79 Å². The van der Waals surface area contributed by atoms with Crippen molar-refractivity contribution in [1.29, 1.82) is 0 Å². The van der Waals surface area contributed by atoms with E-state index in [0.29, 0.717) is 11.9 Å². The second-order valence-corrected chi connectivity index (χ2v) is 6.34. The van der Waals surface area contributed by atoms with Crippen molar-refractivity contribution in [2.24, 2.45) is 5.92 Å². The minimum atomic E-state index is 0.265. The molecule has 2 fully saturated rings. The molecular formula is C15H25N3O. The van der Waals surface area contributed by atoms with E-state index in [4.69, 9.17) is 0 Å². The van der Waals surface area contributed by atoms with Gasteiger partial charge in [-0.1, -0.05) is 0 Å². The number of amides is 1. The fourth-order valence-electron chi connectivity index (χ4n) is 3.60. The topological polar surface area (TPSA) is 26.8 Å². The SMILES string of the molecule is CC1=C2CN(C(=O)C3CCN(C)CC3)CCN2C1C. The first kappa shape index (κ1) is 13.0. The van der Waals surface area contributed by atoms with Gasteiger partial charge in [0, 0.05) is 30.7 Å².